The van der Waals surface area contributed by atoms with Crippen molar-refractivity contribution in [3.8, 4) is 5.69 Å². The van der Waals surface area contributed by atoms with Crippen LogP contribution in [-0.2, 0) is 18.3 Å². The number of fused-ring (bicyclic) bond motifs is 7. The number of aryl methyl sites for hydroxylation is 1. The van der Waals surface area contributed by atoms with Crippen molar-refractivity contribution >= 4 is 52.5 Å². The molecule has 4 aromatic carbocycles. The second kappa shape index (κ2) is 7.17. The van der Waals surface area contributed by atoms with Crippen LogP contribution in [0.2, 0.25) is 13.1 Å². The van der Waals surface area contributed by atoms with Crippen LogP contribution in [-0.4, -0.2) is 19.4 Å². The van der Waals surface area contributed by atoms with Gasteiger partial charge in [0.05, 0.1) is 5.52 Å². The summed E-state index contributed by atoms with van der Waals surface area (Å²) in [6, 6.07) is 33.0. The van der Waals surface area contributed by atoms with Crippen LogP contribution in [0.4, 0.5) is 0 Å². The Kier molecular flexibility index (Phi) is 4.22. The van der Waals surface area contributed by atoms with E-state index in [0.29, 0.717) is 6.71 Å². The molecule has 3 heteroatoms. The zero-order valence-electron chi connectivity index (χ0n) is 22.2. The average Bonchev–Trinajstić information content (AvgIpc) is 3.49. The van der Waals surface area contributed by atoms with Gasteiger partial charge >= 0.3 is 0 Å². The van der Waals surface area contributed by atoms with Crippen molar-refractivity contribution in [1.82, 2.24) is 4.57 Å². The SMILES string of the molecule is CC1(C)c2cc(-n3c4c(c5ccccc53)CCC4)ccc2B2c3ccccc3[Si](C)(C)c3cccc1c32. The predicted octanol–water partition coefficient (Wildman–Crippen LogP) is 4.41. The van der Waals surface area contributed by atoms with Crippen molar-refractivity contribution in [2.24, 2.45) is 0 Å². The zero-order valence-corrected chi connectivity index (χ0v) is 23.2. The summed E-state index contributed by atoms with van der Waals surface area (Å²) in [5, 5.41) is 4.68. The summed E-state index contributed by atoms with van der Waals surface area (Å²) in [5.41, 5.74) is 13.4. The molecule has 0 fully saturated rings. The third-order valence-corrected chi connectivity index (χ3v) is 13.5. The Balaban J connectivity index is 1.42. The molecule has 37 heavy (non-hydrogen) atoms. The number of aromatic nitrogens is 1. The summed E-state index contributed by atoms with van der Waals surface area (Å²) in [6.07, 6.45) is 3.64. The van der Waals surface area contributed by atoms with E-state index in [9.17, 15) is 0 Å². The number of nitrogens with zero attached hydrogens (tertiary/aromatic N) is 1. The van der Waals surface area contributed by atoms with E-state index in [1.807, 2.05) is 0 Å². The highest BCUT2D eigenvalue weighted by Crippen LogP contribution is 2.38. The predicted molar refractivity (Wildman–Crippen MR) is 162 cm³/mol. The Morgan fingerprint density at radius 1 is 0.757 bits per heavy atom. The van der Waals surface area contributed by atoms with Gasteiger partial charge in [0.25, 0.3) is 0 Å². The molecule has 3 heterocycles. The summed E-state index contributed by atoms with van der Waals surface area (Å²) in [7, 11) is -1.77. The topological polar surface area (TPSA) is 4.93 Å². The van der Waals surface area contributed by atoms with E-state index in [4.69, 9.17) is 0 Å². The lowest BCUT2D eigenvalue weighted by molar-refractivity contribution is 0.645. The van der Waals surface area contributed by atoms with Gasteiger partial charge in [-0.05, 0) is 54.2 Å². The van der Waals surface area contributed by atoms with Crippen molar-refractivity contribution < 1.29 is 0 Å². The molecule has 0 saturated heterocycles. The van der Waals surface area contributed by atoms with Gasteiger partial charge in [0.15, 0.2) is 0 Å². The van der Waals surface area contributed by atoms with Crippen molar-refractivity contribution in [1.29, 1.82) is 0 Å². The summed E-state index contributed by atoms with van der Waals surface area (Å²) in [5.74, 6) is 0. The maximum atomic E-state index is 2.57. The Labute approximate surface area is 221 Å². The number of para-hydroxylation sites is 1. The van der Waals surface area contributed by atoms with E-state index in [1.54, 1.807) is 21.4 Å². The first-order chi connectivity index (χ1) is 17.9. The maximum Gasteiger partial charge on any atom is 0.241 e. The molecule has 1 aliphatic carbocycles. The molecule has 2 aliphatic heterocycles. The standard InChI is InChI=1S/C34H32BNSi/c1-34(2)25-13-10-18-32-33(25)35(28-14-6-8-17-31(28)37(32,3)4)27-20-19-22(21-26(27)34)36-29-15-7-5-11-23(29)24-12-9-16-30(24)36/h5-8,10-11,13-15,17-21H,9,12,16H2,1-4H3. The second-order valence-corrected chi connectivity index (χ2v) is 16.8. The Morgan fingerprint density at radius 3 is 2.43 bits per heavy atom. The highest BCUT2D eigenvalue weighted by atomic mass is 28.3. The summed E-state index contributed by atoms with van der Waals surface area (Å²) in [6.45, 7) is 10.3. The number of hydrogen-bond acceptors (Lipinski definition) is 0. The Bertz CT molecular complexity index is 1770. The zero-order chi connectivity index (χ0) is 25.1. The fraction of sp³-hybridized carbons (Fsp3) is 0.235. The fourth-order valence-electron chi connectivity index (χ4n) is 8.16. The monoisotopic (exact) mass is 493 g/mol. The summed E-state index contributed by atoms with van der Waals surface area (Å²) < 4.78 is 2.57. The third kappa shape index (κ3) is 2.66. The van der Waals surface area contributed by atoms with E-state index in [-0.39, 0.29) is 5.41 Å². The molecule has 5 aromatic rings. The van der Waals surface area contributed by atoms with Crippen LogP contribution in [0, 0.1) is 0 Å². The van der Waals surface area contributed by atoms with Crippen LogP contribution in [0.1, 0.15) is 42.7 Å². The van der Waals surface area contributed by atoms with Crippen LogP contribution in [0.5, 0.6) is 0 Å². The van der Waals surface area contributed by atoms with E-state index in [2.05, 4.69) is 116 Å². The van der Waals surface area contributed by atoms with Crippen molar-refractivity contribution in [3.05, 3.63) is 107 Å². The van der Waals surface area contributed by atoms with Gasteiger partial charge < -0.3 is 4.57 Å². The van der Waals surface area contributed by atoms with Crippen molar-refractivity contribution in [3.63, 3.8) is 0 Å². The molecule has 0 unspecified atom stereocenters. The second-order valence-electron chi connectivity index (χ2n) is 12.4. The lowest BCUT2D eigenvalue weighted by Crippen LogP contribution is -2.79. The van der Waals surface area contributed by atoms with Gasteiger partial charge in [-0.1, -0.05) is 120 Å². The minimum Gasteiger partial charge on any atom is -0.313 e. The van der Waals surface area contributed by atoms with Gasteiger partial charge in [0.1, 0.15) is 8.07 Å². The van der Waals surface area contributed by atoms with Crippen LogP contribution in [0.25, 0.3) is 16.6 Å². The lowest BCUT2D eigenvalue weighted by atomic mass is 9.31. The quantitative estimate of drug-likeness (QED) is 0.305. The van der Waals surface area contributed by atoms with Crippen LogP contribution < -0.4 is 26.8 Å². The highest BCUT2D eigenvalue weighted by molar-refractivity contribution is 7.14. The molecule has 0 radical (unpaired) electrons. The van der Waals surface area contributed by atoms with Gasteiger partial charge in [-0.25, -0.2) is 0 Å². The maximum absolute atomic E-state index is 2.57. The molecule has 0 saturated carbocycles. The van der Waals surface area contributed by atoms with Gasteiger partial charge in [-0.2, -0.15) is 0 Å². The van der Waals surface area contributed by atoms with E-state index >= 15 is 0 Å². The van der Waals surface area contributed by atoms with E-state index in [1.165, 1.54) is 63.6 Å². The molecule has 3 aliphatic rings. The van der Waals surface area contributed by atoms with E-state index in [0.717, 1.165) is 0 Å². The lowest BCUT2D eigenvalue weighted by Gasteiger charge is -2.46. The largest absolute Gasteiger partial charge is 0.313 e. The first kappa shape index (κ1) is 21.8. The molecule has 0 bridgehead atoms. The molecular formula is C34H32BNSi. The normalized spacial score (nSPS) is 17.8. The van der Waals surface area contributed by atoms with Gasteiger partial charge in [0, 0.05) is 22.2 Å². The number of hydrogen-bond donors (Lipinski definition) is 0. The molecule has 8 rings (SSSR count). The van der Waals surface area contributed by atoms with Gasteiger partial charge in [-0.3, -0.25) is 0 Å². The van der Waals surface area contributed by atoms with Crippen LogP contribution in [0.15, 0.2) is 84.9 Å². The number of rotatable bonds is 1. The molecule has 0 spiro atoms. The first-order valence-corrected chi connectivity index (χ1v) is 16.9. The van der Waals surface area contributed by atoms with Gasteiger partial charge in [-0.15, -0.1) is 0 Å². The molecular weight excluding hydrogens is 461 g/mol. The fourth-order valence-corrected chi connectivity index (χ4v) is 11.4. The summed E-state index contributed by atoms with van der Waals surface area (Å²) in [4.78, 5) is 0. The first-order valence-electron chi connectivity index (χ1n) is 13.9. The third-order valence-electron chi connectivity index (χ3n) is 9.89. The minimum absolute atomic E-state index is 0.0456. The van der Waals surface area contributed by atoms with Crippen LogP contribution in [0.3, 0.4) is 0 Å². The van der Waals surface area contributed by atoms with Crippen molar-refractivity contribution in [2.45, 2.75) is 51.6 Å². The molecule has 0 N–H and O–H groups in total. The highest BCUT2D eigenvalue weighted by Gasteiger charge is 2.48. The van der Waals surface area contributed by atoms with Crippen molar-refractivity contribution in [2.75, 3.05) is 0 Å². The molecule has 1 aromatic heterocycles. The van der Waals surface area contributed by atoms with Crippen LogP contribution >= 0.6 is 0 Å². The Hall–Kier alpha value is -3.30. The molecule has 0 amide bonds. The minimum atomic E-state index is -1.77. The Morgan fingerprint density at radius 2 is 1.54 bits per heavy atom. The van der Waals surface area contributed by atoms with Gasteiger partial charge in [0.2, 0.25) is 6.71 Å². The average molecular weight is 494 g/mol. The molecule has 180 valence electrons. The molecule has 0 atom stereocenters. The van der Waals surface area contributed by atoms with E-state index < -0.39 is 8.07 Å². The number of benzene rings is 4. The smallest absolute Gasteiger partial charge is 0.241 e. The molecule has 1 nitrogen and oxygen atoms in total. The summed E-state index contributed by atoms with van der Waals surface area (Å²) >= 11 is 0.